The first-order valence-corrected chi connectivity index (χ1v) is 8.15. The summed E-state index contributed by atoms with van der Waals surface area (Å²) in [5.74, 6) is 2.75. The molecule has 0 atom stereocenters. The maximum Gasteiger partial charge on any atom is 0.218 e. The summed E-state index contributed by atoms with van der Waals surface area (Å²) in [5.41, 5.74) is 1.82. The fourth-order valence-corrected chi connectivity index (χ4v) is 2.48. The Kier molecular flexibility index (Phi) is 5.56. The molecule has 2 heterocycles. The van der Waals surface area contributed by atoms with Crippen molar-refractivity contribution in [2.45, 2.75) is 13.0 Å². The lowest BCUT2D eigenvalue weighted by atomic mass is 10.2. The largest absolute Gasteiger partial charge is 0.490 e. The molecule has 1 aliphatic rings. The van der Waals surface area contributed by atoms with Gasteiger partial charge in [-0.25, -0.2) is 4.98 Å². The predicted octanol–water partition coefficient (Wildman–Crippen LogP) is 2.44. The van der Waals surface area contributed by atoms with Crippen LogP contribution in [0.1, 0.15) is 12.0 Å². The van der Waals surface area contributed by atoms with Crippen LogP contribution in [-0.2, 0) is 6.54 Å². The number of pyridine rings is 1. The third-order valence-electron chi connectivity index (χ3n) is 3.72. The molecular formula is C18H22N4O3. The van der Waals surface area contributed by atoms with Crippen molar-refractivity contribution in [2.75, 3.05) is 32.7 Å². The second-order valence-corrected chi connectivity index (χ2v) is 5.43. The van der Waals surface area contributed by atoms with Gasteiger partial charge in [-0.1, -0.05) is 6.07 Å². The molecule has 1 aliphatic heterocycles. The van der Waals surface area contributed by atoms with E-state index in [0.29, 0.717) is 31.6 Å². The minimum absolute atomic E-state index is 0.543. The van der Waals surface area contributed by atoms with Crippen molar-refractivity contribution >= 4 is 11.6 Å². The van der Waals surface area contributed by atoms with E-state index in [4.69, 9.17) is 14.2 Å². The number of hydrogen-bond donors (Lipinski definition) is 2. The maximum atomic E-state index is 5.71. The lowest BCUT2D eigenvalue weighted by Crippen LogP contribution is -2.30. The minimum Gasteiger partial charge on any atom is -0.490 e. The fourth-order valence-electron chi connectivity index (χ4n) is 2.48. The molecule has 0 aliphatic carbocycles. The highest BCUT2D eigenvalue weighted by atomic mass is 16.5. The number of hydrogen-bond acceptors (Lipinski definition) is 5. The van der Waals surface area contributed by atoms with E-state index in [1.54, 1.807) is 20.4 Å². The second-order valence-electron chi connectivity index (χ2n) is 5.43. The number of anilines is 1. The van der Waals surface area contributed by atoms with E-state index in [1.165, 1.54) is 0 Å². The first-order chi connectivity index (χ1) is 12.3. The molecule has 7 nitrogen and oxygen atoms in total. The number of nitrogens with one attached hydrogen (secondary N) is 2. The van der Waals surface area contributed by atoms with Crippen LogP contribution in [-0.4, -0.2) is 38.3 Å². The van der Waals surface area contributed by atoms with E-state index in [1.807, 2.05) is 30.3 Å². The summed E-state index contributed by atoms with van der Waals surface area (Å²) in [6.07, 6.45) is 2.58. The van der Waals surface area contributed by atoms with Crippen LogP contribution in [0.25, 0.3) is 0 Å². The van der Waals surface area contributed by atoms with Crippen LogP contribution < -0.4 is 24.8 Å². The molecule has 2 N–H and O–H groups in total. The zero-order valence-corrected chi connectivity index (χ0v) is 14.4. The van der Waals surface area contributed by atoms with Crippen molar-refractivity contribution in [2.24, 2.45) is 4.99 Å². The van der Waals surface area contributed by atoms with Crippen LogP contribution in [0.5, 0.6) is 17.4 Å². The number of aliphatic imine (C=N–C) groups is 1. The monoisotopic (exact) mass is 342 g/mol. The molecule has 25 heavy (non-hydrogen) atoms. The third kappa shape index (κ3) is 4.32. The summed E-state index contributed by atoms with van der Waals surface area (Å²) in [7, 11) is 3.33. The molecular weight excluding hydrogens is 320 g/mol. The number of aromatic nitrogens is 1. The van der Waals surface area contributed by atoms with Gasteiger partial charge < -0.3 is 24.8 Å². The Morgan fingerprint density at radius 2 is 2.08 bits per heavy atom. The van der Waals surface area contributed by atoms with Gasteiger partial charge in [-0.05, 0) is 18.2 Å². The van der Waals surface area contributed by atoms with Crippen LogP contribution >= 0.6 is 0 Å². The van der Waals surface area contributed by atoms with Gasteiger partial charge in [0.25, 0.3) is 0 Å². The van der Waals surface area contributed by atoms with Crippen molar-refractivity contribution in [1.29, 1.82) is 0 Å². The lowest BCUT2D eigenvalue weighted by Gasteiger charge is -2.14. The van der Waals surface area contributed by atoms with Crippen molar-refractivity contribution in [3.63, 3.8) is 0 Å². The molecule has 0 fully saturated rings. The average Bonchev–Trinajstić information content (AvgIpc) is 2.90. The molecule has 0 radical (unpaired) electrons. The van der Waals surface area contributed by atoms with Gasteiger partial charge in [0.15, 0.2) is 17.5 Å². The van der Waals surface area contributed by atoms with E-state index in [-0.39, 0.29) is 0 Å². The molecule has 7 heteroatoms. The Balaban J connectivity index is 1.65. The van der Waals surface area contributed by atoms with Gasteiger partial charge in [0.1, 0.15) is 0 Å². The van der Waals surface area contributed by atoms with Gasteiger partial charge in [-0.15, -0.1) is 0 Å². The zero-order chi connectivity index (χ0) is 17.5. The Labute approximate surface area is 147 Å². The summed E-state index contributed by atoms with van der Waals surface area (Å²) >= 11 is 0. The predicted molar refractivity (Wildman–Crippen MR) is 96.7 cm³/mol. The first-order valence-electron chi connectivity index (χ1n) is 8.15. The Hall–Kier alpha value is -2.96. The van der Waals surface area contributed by atoms with E-state index in [9.17, 15) is 0 Å². The van der Waals surface area contributed by atoms with Gasteiger partial charge in [0.05, 0.1) is 20.3 Å². The minimum atomic E-state index is 0.543. The van der Waals surface area contributed by atoms with E-state index in [2.05, 4.69) is 20.6 Å². The highest BCUT2D eigenvalue weighted by molar-refractivity contribution is 5.93. The lowest BCUT2D eigenvalue weighted by molar-refractivity contribution is 0.297. The zero-order valence-electron chi connectivity index (χ0n) is 14.4. The van der Waals surface area contributed by atoms with Crippen LogP contribution in [0.3, 0.4) is 0 Å². The van der Waals surface area contributed by atoms with Crippen LogP contribution in [0.4, 0.5) is 5.69 Å². The Morgan fingerprint density at radius 1 is 1.24 bits per heavy atom. The molecule has 2 aromatic rings. The van der Waals surface area contributed by atoms with Gasteiger partial charge in [-0.3, -0.25) is 4.99 Å². The molecule has 0 amide bonds. The van der Waals surface area contributed by atoms with Gasteiger partial charge in [0.2, 0.25) is 5.88 Å². The SMILES string of the molecule is CN=C(NCc1cccnc1OC)Nc1ccc2c(c1)OCCCO2. The summed E-state index contributed by atoms with van der Waals surface area (Å²) in [5, 5.41) is 6.50. The first kappa shape index (κ1) is 16.9. The van der Waals surface area contributed by atoms with E-state index in [0.717, 1.165) is 29.2 Å². The van der Waals surface area contributed by atoms with Crippen molar-refractivity contribution in [3.8, 4) is 17.4 Å². The summed E-state index contributed by atoms with van der Waals surface area (Å²) in [4.78, 5) is 8.43. The van der Waals surface area contributed by atoms with Crippen LogP contribution in [0.15, 0.2) is 41.5 Å². The van der Waals surface area contributed by atoms with E-state index >= 15 is 0 Å². The maximum absolute atomic E-state index is 5.71. The van der Waals surface area contributed by atoms with Gasteiger partial charge in [-0.2, -0.15) is 0 Å². The third-order valence-corrected chi connectivity index (χ3v) is 3.72. The second kappa shape index (κ2) is 8.23. The number of fused-ring (bicyclic) bond motifs is 1. The molecule has 0 saturated heterocycles. The average molecular weight is 342 g/mol. The summed E-state index contributed by atoms with van der Waals surface area (Å²) in [6, 6.07) is 9.59. The smallest absolute Gasteiger partial charge is 0.218 e. The van der Waals surface area contributed by atoms with Gasteiger partial charge >= 0.3 is 0 Å². The van der Waals surface area contributed by atoms with Crippen LogP contribution in [0.2, 0.25) is 0 Å². The standard InChI is InChI=1S/C18H22N4O3/c1-19-18(21-12-13-5-3-8-20-17(13)23-2)22-14-6-7-15-16(11-14)25-10-4-9-24-15/h3,5-8,11H,4,9-10,12H2,1-2H3,(H2,19,21,22). The highest BCUT2D eigenvalue weighted by Gasteiger charge is 2.11. The van der Waals surface area contributed by atoms with Crippen molar-refractivity contribution < 1.29 is 14.2 Å². The fraction of sp³-hybridized carbons (Fsp3) is 0.333. The number of ether oxygens (including phenoxy) is 3. The summed E-state index contributed by atoms with van der Waals surface area (Å²) < 4.78 is 16.6. The molecule has 0 unspecified atom stereocenters. The molecule has 1 aromatic carbocycles. The molecule has 0 spiro atoms. The molecule has 0 saturated carbocycles. The van der Waals surface area contributed by atoms with Crippen molar-refractivity contribution in [1.82, 2.24) is 10.3 Å². The van der Waals surface area contributed by atoms with Gasteiger partial charge in [0, 0.05) is 43.5 Å². The number of guanidine groups is 1. The molecule has 3 rings (SSSR count). The number of methoxy groups -OCH3 is 1. The number of nitrogens with zero attached hydrogens (tertiary/aromatic N) is 2. The topological polar surface area (TPSA) is 77.0 Å². The number of rotatable bonds is 4. The van der Waals surface area contributed by atoms with Crippen LogP contribution in [0, 0.1) is 0 Å². The molecule has 1 aromatic heterocycles. The molecule has 132 valence electrons. The van der Waals surface area contributed by atoms with E-state index < -0.39 is 0 Å². The summed E-state index contributed by atoms with van der Waals surface area (Å²) in [6.45, 7) is 1.88. The van der Waals surface area contributed by atoms with Crippen molar-refractivity contribution in [3.05, 3.63) is 42.1 Å². The molecule has 0 bridgehead atoms. The normalized spacial score (nSPS) is 13.8. The Morgan fingerprint density at radius 3 is 2.88 bits per heavy atom. The number of benzene rings is 1. The highest BCUT2D eigenvalue weighted by Crippen LogP contribution is 2.32. The Bertz CT molecular complexity index is 749. The quantitative estimate of drug-likeness (QED) is 0.656.